The molecule has 0 radical (unpaired) electrons. The Morgan fingerprint density at radius 3 is 2.52 bits per heavy atom. The van der Waals surface area contributed by atoms with Crippen LogP contribution in [0.2, 0.25) is 5.02 Å². The van der Waals surface area contributed by atoms with Crippen LogP contribution < -0.4 is 5.32 Å². The first kappa shape index (κ1) is 21.4. The van der Waals surface area contributed by atoms with Crippen molar-refractivity contribution in [2.75, 3.05) is 14.1 Å². The zero-order valence-corrected chi connectivity index (χ0v) is 19.6. The molecule has 0 saturated carbocycles. The van der Waals surface area contributed by atoms with Crippen LogP contribution in [0.4, 0.5) is 0 Å². The molecular weight excluding hydrogens is 436 g/mol. The summed E-state index contributed by atoms with van der Waals surface area (Å²) in [5.41, 5.74) is 5.64. The van der Waals surface area contributed by atoms with Gasteiger partial charge < -0.3 is 4.90 Å². The molecule has 7 heteroatoms. The molecule has 0 saturated heterocycles. The smallest absolute Gasteiger partial charge is 0.261 e. The molecule has 33 heavy (non-hydrogen) atoms. The molecule has 0 unspecified atom stereocenters. The number of carbonyl (C=O) groups excluding carboxylic acids is 2. The minimum Gasteiger partial charge on any atom is -0.305 e. The monoisotopic (exact) mass is 458 g/mol. The van der Waals surface area contributed by atoms with Crippen molar-refractivity contribution < 1.29 is 9.59 Å². The SMILES string of the molecule is Cc1ccn2c(C3=C(c4c(Cl)ccc5ccc(CN(C)C)cc45)C(=O)NC3=O)cnc2c1C. The van der Waals surface area contributed by atoms with Gasteiger partial charge in [-0.3, -0.25) is 19.3 Å². The summed E-state index contributed by atoms with van der Waals surface area (Å²) in [4.78, 5) is 32.8. The summed E-state index contributed by atoms with van der Waals surface area (Å²) >= 11 is 6.69. The van der Waals surface area contributed by atoms with Gasteiger partial charge in [0.25, 0.3) is 11.8 Å². The minimum atomic E-state index is -0.457. The molecule has 6 nitrogen and oxygen atoms in total. The van der Waals surface area contributed by atoms with Crippen molar-refractivity contribution in [3.05, 3.63) is 81.8 Å². The second-order valence-electron chi connectivity index (χ2n) is 8.71. The van der Waals surface area contributed by atoms with Crippen molar-refractivity contribution in [1.29, 1.82) is 0 Å². The van der Waals surface area contributed by atoms with Crippen molar-refractivity contribution in [3.8, 4) is 0 Å². The number of carbonyl (C=O) groups is 2. The largest absolute Gasteiger partial charge is 0.305 e. The summed E-state index contributed by atoms with van der Waals surface area (Å²) in [5.74, 6) is -0.909. The Labute approximate surface area is 196 Å². The Morgan fingerprint density at radius 2 is 1.76 bits per heavy atom. The van der Waals surface area contributed by atoms with Crippen LogP contribution in [0.1, 0.15) is 27.9 Å². The third-order valence-electron chi connectivity index (χ3n) is 6.17. The number of rotatable bonds is 4. The molecule has 2 amide bonds. The third-order valence-corrected chi connectivity index (χ3v) is 6.48. The number of nitrogens with zero attached hydrogens (tertiary/aromatic N) is 3. The molecule has 3 heterocycles. The summed E-state index contributed by atoms with van der Waals surface area (Å²) in [7, 11) is 4.00. The lowest BCUT2D eigenvalue weighted by molar-refractivity contribution is -0.122. The van der Waals surface area contributed by atoms with Crippen molar-refractivity contribution in [3.63, 3.8) is 0 Å². The van der Waals surface area contributed by atoms with Crippen LogP contribution in [0, 0.1) is 13.8 Å². The Morgan fingerprint density at radius 1 is 1.03 bits per heavy atom. The molecule has 0 fully saturated rings. The van der Waals surface area contributed by atoms with E-state index in [-0.39, 0.29) is 11.1 Å². The fourth-order valence-corrected chi connectivity index (χ4v) is 4.72. The van der Waals surface area contributed by atoms with E-state index in [1.165, 1.54) is 0 Å². The average Bonchev–Trinajstić information content (AvgIpc) is 3.30. The van der Waals surface area contributed by atoms with E-state index in [1.54, 1.807) is 12.3 Å². The Hall–Kier alpha value is -3.48. The molecule has 5 rings (SSSR count). The highest BCUT2D eigenvalue weighted by molar-refractivity contribution is 6.51. The number of benzene rings is 2. The second-order valence-corrected chi connectivity index (χ2v) is 9.12. The van der Waals surface area contributed by atoms with Gasteiger partial charge in [0.1, 0.15) is 5.65 Å². The van der Waals surface area contributed by atoms with E-state index in [0.717, 1.165) is 39.7 Å². The highest BCUT2D eigenvalue weighted by Crippen LogP contribution is 2.39. The lowest BCUT2D eigenvalue weighted by Crippen LogP contribution is -2.23. The summed E-state index contributed by atoms with van der Waals surface area (Å²) in [6, 6.07) is 11.8. The maximum absolute atomic E-state index is 13.1. The van der Waals surface area contributed by atoms with E-state index in [0.29, 0.717) is 16.3 Å². The van der Waals surface area contributed by atoms with Crippen molar-refractivity contribution >= 4 is 51.0 Å². The van der Waals surface area contributed by atoms with Gasteiger partial charge in [0.05, 0.1) is 23.0 Å². The Balaban J connectivity index is 1.83. The molecule has 0 aliphatic carbocycles. The lowest BCUT2D eigenvalue weighted by Gasteiger charge is -2.14. The number of hydrogen-bond acceptors (Lipinski definition) is 4. The van der Waals surface area contributed by atoms with E-state index >= 15 is 0 Å². The Kier molecular flexibility index (Phi) is 5.07. The van der Waals surface area contributed by atoms with Crippen LogP contribution in [0.5, 0.6) is 0 Å². The maximum atomic E-state index is 13.1. The predicted octanol–water partition coefficient (Wildman–Crippen LogP) is 4.39. The molecule has 2 aromatic carbocycles. The van der Waals surface area contributed by atoms with Gasteiger partial charge in [0, 0.05) is 23.3 Å². The number of aryl methyl sites for hydroxylation is 2. The first-order valence-corrected chi connectivity index (χ1v) is 11.0. The van der Waals surface area contributed by atoms with Crippen LogP contribution in [0.15, 0.2) is 48.8 Å². The van der Waals surface area contributed by atoms with Crippen LogP contribution in [0.3, 0.4) is 0 Å². The number of imidazole rings is 1. The van der Waals surface area contributed by atoms with Gasteiger partial charge in [-0.15, -0.1) is 0 Å². The molecule has 0 bridgehead atoms. The molecule has 1 N–H and O–H groups in total. The Bertz CT molecular complexity index is 1510. The van der Waals surface area contributed by atoms with E-state index in [2.05, 4.69) is 21.3 Å². The van der Waals surface area contributed by atoms with Gasteiger partial charge in [-0.1, -0.05) is 29.8 Å². The maximum Gasteiger partial charge on any atom is 0.261 e. The normalized spacial score (nSPS) is 14.2. The molecule has 2 aromatic heterocycles. The number of aromatic nitrogens is 2. The number of pyridine rings is 1. The van der Waals surface area contributed by atoms with E-state index in [9.17, 15) is 9.59 Å². The van der Waals surface area contributed by atoms with Crippen molar-refractivity contribution in [2.45, 2.75) is 20.4 Å². The molecule has 166 valence electrons. The standard InChI is InChI=1S/C26H23ClN4O2/c1-14-9-10-31-20(12-28-24(31)15(14)2)22-23(26(33)29-25(22)32)21-18-11-16(13-30(3)4)5-6-17(18)7-8-19(21)27/h5-12H,13H2,1-4H3,(H,29,32,33). The molecule has 1 aliphatic heterocycles. The summed E-state index contributed by atoms with van der Waals surface area (Å²) < 4.78 is 1.85. The molecular formula is C26H23ClN4O2. The predicted molar refractivity (Wildman–Crippen MR) is 131 cm³/mol. The number of amides is 2. The highest BCUT2D eigenvalue weighted by atomic mass is 35.5. The number of nitrogens with one attached hydrogen (secondary N) is 1. The zero-order chi connectivity index (χ0) is 23.4. The van der Waals surface area contributed by atoms with Gasteiger partial charge in [-0.05, 0) is 73.6 Å². The quantitative estimate of drug-likeness (QED) is 0.461. The summed E-state index contributed by atoms with van der Waals surface area (Å²) in [6.45, 7) is 4.75. The van der Waals surface area contributed by atoms with Gasteiger partial charge >= 0.3 is 0 Å². The van der Waals surface area contributed by atoms with Gasteiger partial charge in [-0.25, -0.2) is 4.98 Å². The van der Waals surface area contributed by atoms with Gasteiger partial charge in [0.15, 0.2) is 0 Å². The van der Waals surface area contributed by atoms with Crippen molar-refractivity contribution in [1.82, 2.24) is 19.6 Å². The fourth-order valence-electron chi connectivity index (χ4n) is 4.46. The average molecular weight is 459 g/mol. The van der Waals surface area contributed by atoms with E-state index in [4.69, 9.17) is 11.6 Å². The highest BCUT2D eigenvalue weighted by Gasteiger charge is 2.35. The summed E-state index contributed by atoms with van der Waals surface area (Å²) in [6.07, 6.45) is 3.52. The lowest BCUT2D eigenvalue weighted by atomic mass is 9.93. The van der Waals surface area contributed by atoms with Crippen LogP contribution in [0.25, 0.3) is 27.6 Å². The summed E-state index contributed by atoms with van der Waals surface area (Å²) in [5, 5.41) is 4.67. The topological polar surface area (TPSA) is 66.7 Å². The molecule has 4 aromatic rings. The van der Waals surface area contributed by atoms with Crippen molar-refractivity contribution in [2.24, 2.45) is 0 Å². The van der Waals surface area contributed by atoms with E-state index < -0.39 is 11.8 Å². The first-order valence-electron chi connectivity index (χ1n) is 10.7. The minimum absolute atomic E-state index is 0.276. The van der Waals surface area contributed by atoms with Gasteiger partial charge in [0.2, 0.25) is 0 Å². The second kappa shape index (κ2) is 7.83. The number of fused-ring (bicyclic) bond motifs is 2. The van der Waals surface area contributed by atoms with Crippen LogP contribution >= 0.6 is 11.6 Å². The molecule has 0 spiro atoms. The number of imide groups is 1. The van der Waals surface area contributed by atoms with Crippen LogP contribution in [-0.4, -0.2) is 40.2 Å². The third kappa shape index (κ3) is 3.43. The number of halogens is 1. The van der Waals surface area contributed by atoms with Gasteiger partial charge in [-0.2, -0.15) is 0 Å². The number of hydrogen-bond donors (Lipinski definition) is 1. The molecule has 0 atom stereocenters. The first-order chi connectivity index (χ1) is 15.8. The molecule has 1 aliphatic rings. The van der Waals surface area contributed by atoms with Crippen LogP contribution in [-0.2, 0) is 16.1 Å². The fraction of sp³-hybridized carbons (Fsp3) is 0.192. The zero-order valence-electron chi connectivity index (χ0n) is 18.9. The van der Waals surface area contributed by atoms with E-state index in [1.807, 2.05) is 62.8 Å².